The van der Waals surface area contributed by atoms with Gasteiger partial charge in [0.05, 0.1) is 6.21 Å². The maximum absolute atomic E-state index is 11.7. The van der Waals surface area contributed by atoms with Crippen LogP contribution in [0.15, 0.2) is 40.4 Å². The number of nitrogens with zero attached hydrogens (tertiary/aromatic N) is 3. The number of H-pyrrole nitrogens is 1. The van der Waals surface area contributed by atoms with Crippen molar-refractivity contribution in [3.8, 4) is 11.3 Å². The van der Waals surface area contributed by atoms with Gasteiger partial charge in [-0.1, -0.05) is 17.3 Å². The fourth-order valence-electron chi connectivity index (χ4n) is 3.08. The van der Waals surface area contributed by atoms with Crippen molar-refractivity contribution < 1.29 is 4.84 Å². The summed E-state index contributed by atoms with van der Waals surface area (Å²) in [4.78, 5) is 23.9. The number of nitrogens with one attached hydrogen (secondary N) is 1. The number of oxime groups is 1. The second kappa shape index (κ2) is 8.18. The van der Waals surface area contributed by atoms with Crippen LogP contribution in [0, 0.1) is 0 Å². The largest absolute Gasteiger partial charge is 0.399 e. The first-order chi connectivity index (χ1) is 13.0. The molecule has 0 aliphatic rings. The van der Waals surface area contributed by atoms with Gasteiger partial charge in [-0.2, -0.15) is 4.98 Å². The lowest BCUT2D eigenvalue weighted by Gasteiger charge is -2.10. The number of benzene rings is 1. The molecule has 0 aliphatic carbocycles. The number of aromatic nitrogens is 3. The standard InChI is InChI=1S/C20H25N5O2/c1-13(21)5-4-6-14-9-15(7-8-16(14)11-22-27-3)18-10-17-12-25(2)20(26)24-19(17)23-18/h7-13H,4-6,21H2,1-3H3,(H,23,24,26)/b22-11+/t13-/m0/s1. The Labute approximate surface area is 157 Å². The summed E-state index contributed by atoms with van der Waals surface area (Å²) in [6, 6.07) is 8.38. The zero-order valence-corrected chi connectivity index (χ0v) is 15.9. The average Bonchev–Trinajstić information content (AvgIpc) is 3.03. The first-order valence-electron chi connectivity index (χ1n) is 8.99. The van der Waals surface area contributed by atoms with Gasteiger partial charge in [0.2, 0.25) is 0 Å². The number of hydrogen-bond donors (Lipinski definition) is 2. The molecule has 0 unspecified atom stereocenters. The van der Waals surface area contributed by atoms with Crippen LogP contribution in [-0.4, -0.2) is 33.9 Å². The van der Waals surface area contributed by atoms with Gasteiger partial charge in [-0.05, 0) is 55.0 Å². The van der Waals surface area contributed by atoms with E-state index >= 15 is 0 Å². The molecule has 142 valence electrons. The van der Waals surface area contributed by atoms with Crippen molar-refractivity contribution in [2.75, 3.05) is 7.11 Å². The van der Waals surface area contributed by atoms with Crippen molar-refractivity contribution in [1.82, 2.24) is 14.5 Å². The molecule has 0 bridgehead atoms. The molecule has 3 rings (SSSR count). The number of rotatable bonds is 7. The third-order valence-electron chi connectivity index (χ3n) is 4.53. The van der Waals surface area contributed by atoms with E-state index in [0.717, 1.165) is 41.5 Å². The van der Waals surface area contributed by atoms with Gasteiger partial charge in [0.25, 0.3) is 0 Å². The molecule has 0 aliphatic heterocycles. The van der Waals surface area contributed by atoms with E-state index in [1.54, 1.807) is 19.5 Å². The smallest absolute Gasteiger partial charge is 0.349 e. The van der Waals surface area contributed by atoms with Crippen LogP contribution >= 0.6 is 0 Å². The van der Waals surface area contributed by atoms with E-state index in [0.29, 0.717) is 5.65 Å². The number of nitrogens with two attached hydrogens (primary N) is 1. The molecule has 7 heteroatoms. The van der Waals surface area contributed by atoms with Gasteiger partial charge in [0, 0.05) is 30.4 Å². The van der Waals surface area contributed by atoms with E-state index in [4.69, 9.17) is 10.6 Å². The molecular weight excluding hydrogens is 342 g/mol. The summed E-state index contributed by atoms with van der Waals surface area (Å²) in [5, 5.41) is 4.80. The van der Waals surface area contributed by atoms with Crippen LogP contribution in [0.3, 0.4) is 0 Å². The molecular formula is C20H25N5O2. The molecule has 0 saturated carbocycles. The minimum Gasteiger partial charge on any atom is -0.399 e. The zero-order valence-electron chi connectivity index (χ0n) is 15.9. The highest BCUT2D eigenvalue weighted by atomic mass is 16.6. The van der Waals surface area contributed by atoms with Gasteiger partial charge in [-0.15, -0.1) is 0 Å². The van der Waals surface area contributed by atoms with E-state index in [1.165, 1.54) is 17.2 Å². The number of fused-ring (bicyclic) bond motifs is 1. The maximum Gasteiger partial charge on any atom is 0.349 e. The normalized spacial score (nSPS) is 12.7. The third-order valence-corrected chi connectivity index (χ3v) is 4.53. The number of aryl methyl sites for hydroxylation is 2. The van der Waals surface area contributed by atoms with Crippen LogP contribution in [-0.2, 0) is 18.3 Å². The van der Waals surface area contributed by atoms with Crippen molar-refractivity contribution in [3.05, 3.63) is 52.1 Å². The van der Waals surface area contributed by atoms with Gasteiger partial charge in [0.15, 0.2) is 0 Å². The third kappa shape index (κ3) is 4.43. The molecule has 3 aromatic rings. The lowest BCUT2D eigenvalue weighted by Crippen LogP contribution is -2.18. The van der Waals surface area contributed by atoms with Gasteiger partial charge in [0.1, 0.15) is 12.8 Å². The van der Waals surface area contributed by atoms with Gasteiger partial charge >= 0.3 is 5.69 Å². The predicted octanol–water partition coefficient (Wildman–Crippen LogP) is 2.58. The molecule has 0 amide bonds. The van der Waals surface area contributed by atoms with Crippen LogP contribution in [0.5, 0.6) is 0 Å². The molecule has 3 N–H and O–H groups in total. The quantitative estimate of drug-likeness (QED) is 0.495. The SMILES string of the molecule is CO/N=C/c1ccc(-c2cc3cn(C)c(=O)nc3[nH]2)cc1CCC[C@H](C)N. The summed E-state index contributed by atoms with van der Waals surface area (Å²) >= 11 is 0. The Balaban J connectivity index is 1.97. The van der Waals surface area contributed by atoms with Crippen molar-refractivity contribution in [1.29, 1.82) is 0 Å². The van der Waals surface area contributed by atoms with Crippen LogP contribution in [0.25, 0.3) is 22.3 Å². The summed E-state index contributed by atoms with van der Waals surface area (Å²) in [7, 11) is 3.23. The second-order valence-corrected chi connectivity index (χ2v) is 6.82. The van der Waals surface area contributed by atoms with Crippen LogP contribution in [0.2, 0.25) is 0 Å². The van der Waals surface area contributed by atoms with Gasteiger partial charge in [-0.3, -0.25) is 0 Å². The molecule has 0 fully saturated rings. The highest BCUT2D eigenvalue weighted by molar-refractivity contribution is 5.85. The Hall–Kier alpha value is -2.93. The lowest BCUT2D eigenvalue weighted by molar-refractivity contribution is 0.215. The lowest BCUT2D eigenvalue weighted by atomic mass is 9.97. The van der Waals surface area contributed by atoms with Crippen molar-refractivity contribution in [2.45, 2.75) is 32.2 Å². The highest BCUT2D eigenvalue weighted by Gasteiger charge is 2.09. The van der Waals surface area contributed by atoms with E-state index in [1.807, 2.05) is 25.1 Å². The number of aromatic amines is 1. The molecule has 1 aromatic carbocycles. The Kier molecular flexibility index (Phi) is 5.71. The van der Waals surface area contributed by atoms with Crippen molar-refractivity contribution in [3.63, 3.8) is 0 Å². The fourth-order valence-corrected chi connectivity index (χ4v) is 3.08. The van der Waals surface area contributed by atoms with Crippen LogP contribution in [0.1, 0.15) is 30.9 Å². The summed E-state index contributed by atoms with van der Waals surface area (Å²) in [5.41, 5.74) is 10.3. The Morgan fingerprint density at radius 3 is 2.96 bits per heavy atom. The molecule has 0 spiro atoms. The minimum absolute atomic E-state index is 0.186. The molecule has 0 saturated heterocycles. The van der Waals surface area contributed by atoms with Crippen molar-refractivity contribution >= 4 is 17.2 Å². The summed E-state index contributed by atoms with van der Waals surface area (Å²) in [5.74, 6) is 0. The van der Waals surface area contributed by atoms with Crippen LogP contribution < -0.4 is 11.4 Å². The second-order valence-electron chi connectivity index (χ2n) is 6.82. The van der Waals surface area contributed by atoms with Crippen LogP contribution in [0.4, 0.5) is 0 Å². The molecule has 7 nitrogen and oxygen atoms in total. The van der Waals surface area contributed by atoms with Gasteiger partial charge in [-0.25, -0.2) is 4.79 Å². The van der Waals surface area contributed by atoms with Gasteiger partial charge < -0.3 is 20.1 Å². The molecule has 2 heterocycles. The summed E-state index contributed by atoms with van der Waals surface area (Å²) in [6.45, 7) is 2.02. The summed E-state index contributed by atoms with van der Waals surface area (Å²) < 4.78 is 1.48. The Morgan fingerprint density at radius 2 is 2.22 bits per heavy atom. The highest BCUT2D eigenvalue weighted by Crippen LogP contribution is 2.25. The first kappa shape index (κ1) is 18.8. The van der Waals surface area contributed by atoms with Crippen molar-refractivity contribution in [2.24, 2.45) is 17.9 Å². The summed E-state index contributed by atoms with van der Waals surface area (Å²) in [6.07, 6.45) is 6.37. The molecule has 0 radical (unpaired) electrons. The van der Waals surface area contributed by atoms with E-state index in [9.17, 15) is 4.79 Å². The minimum atomic E-state index is -0.279. The topological polar surface area (TPSA) is 98.3 Å². The molecule has 27 heavy (non-hydrogen) atoms. The zero-order chi connectivity index (χ0) is 19.4. The fraction of sp³-hybridized carbons (Fsp3) is 0.350. The number of hydrogen-bond acceptors (Lipinski definition) is 5. The molecule has 1 atom stereocenters. The molecule has 2 aromatic heterocycles. The van der Waals surface area contributed by atoms with E-state index in [-0.39, 0.29) is 11.7 Å². The van der Waals surface area contributed by atoms with E-state index in [2.05, 4.69) is 21.2 Å². The average molecular weight is 367 g/mol. The predicted molar refractivity (Wildman–Crippen MR) is 108 cm³/mol. The van der Waals surface area contributed by atoms with E-state index < -0.39 is 0 Å². The Morgan fingerprint density at radius 1 is 1.41 bits per heavy atom. The monoisotopic (exact) mass is 367 g/mol. The maximum atomic E-state index is 11.7. The Bertz CT molecular complexity index is 1020. The first-order valence-corrected chi connectivity index (χ1v) is 8.99.